The Kier molecular flexibility index (Phi) is 4.34. The Bertz CT molecular complexity index is 1110. The molecule has 0 bridgehead atoms. The molecule has 9 heteroatoms. The van der Waals surface area contributed by atoms with Crippen molar-refractivity contribution in [1.82, 2.24) is 0 Å². The molecule has 0 aliphatic rings. The van der Waals surface area contributed by atoms with Crippen LogP contribution < -0.4 is 5.73 Å². The lowest BCUT2D eigenvalue weighted by molar-refractivity contribution is 0.471. The van der Waals surface area contributed by atoms with Crippen molar-refractivity contribution in [2.24, 2.45) is 10.2 Å². The average molecular weight is 378 g/mol. The number of azo groups is 1. The van der Waals surface area contributed by atoms with Gasteiger partial charge in [-0.2, -0.15) is 8.42 Å². The molecule has 0 spiro atoms. The van der Waals surface area contributed by atoms with Gasteiger partial charge < -0.3 is 10.8 Å². The van der Waals surface area contributed by atoms with E-state index in [1.165, 1.54) is 12.1 Å². The second-order valence-corrected chi connectivity index (χ2v) is 6.88. The third kappa shape index (κ3) is 3.14. The topological polar surface area (TPSA) is 125 Å². The zero-order valence-corrected chi connectivity index (χ0v) is 14.2. The second-order valence-electron chi connectivity index (χ2n) is 5.11. The van der Waals surface area contributed by atoms with Crippen molar-refractivity contribution in [3.63, 3.8) is 0 Å². The van der Waals surface area contributed by atoms with E-state index in [9.17, 15) is 18.1 Å². The van der Waals surface area contributed by atoms with Gasteiger partial charge in [-0.05, 0) is 12.1 Å². The summed E-state index contributed by atoms with van der Waals surface area (Å²) in [5.74, 6) is -0.595. The van der Waals surface area contributed by atoms with Crippen molar-refractivity contribution in [3.8, 4) is 5.75 Å². The van der Waals surface area contributed by atoms with Crippen LogP contribution in [0.25, 0.3) is 10.8 Å². The zero-order valence-electron chi connectivity index (χ0n) is 12.6. The zero-order chi connectivity index (χ0) is 18.2. The average Bonchev–Trinajstić information content (AvgIpc) is 2.57. The number of benzene rings is 3. The summed E-state index contributed by atoms with van der Waals surface area (Å²) in [6.45, 7) is 0. The van der Waals surface area contributed by atoms with Crippen LogP contribution in [-0.4, -0.2) is 18.1 Å². The standard InChI is InChI=1S/C16H12ClN3O4S/c17-11-7-3-4-8-12(11)19-20-14-15(21)13(18)9-5-1-2-6-10(9)16(14)25(22,23)24/h1-8,21H,18H2,(H,22,23,24). The van der Waals surface area contributed by atoms with Crippen molar-refractivity contribution in [2.45, 2.75) is 4.90 Å². The molecule has 3 rings (SSSR count). The molecule has 0 aromatic heterocycles. The first-order valence-corrected chi connectivity index (χ1v) is 8.79. The summed E-state index contributed by atoms with van der Waals surface area (Å²) in [5.41, 5.74) is 5.60. The molecule has 0 atom stereocenters. The lowest BCUT2D eigenvalue weighted by Crippen LogP contribution is -2.02. The minimum Gasteiger partial charge on any atom is -0.504 e. The summed E-state index contributed by atoms with van der Waals surface area (Å²) in [5, 5.41) is 18.6. The number of phenolic OH excluding ortho intramolecular Hbond substituents is 1. The largest absolute Gasteiger partial charge is 0.504 e. The Morgan fingerprint density at radius 3 is 2.20 bits per heavy atom. The third-order valence-electron chi connectivity index (χ3n) is 3.52. The van der Waals surface area contributed by atoms with Crippen LogP contribution in [0.4, 0.5) is 17.1 Å². The van der Waals surface area contributed by atoms with Gasteiger partial charge in [0.1, 0.15) is 10.6 Å². The molecule has 0 unspecified atom stereocenters. The monoisotopic (exact) mass is 377 g/mol. The molecule has 0 saturated heterocycles. The van der Waals surface area contributed by atoms with E-state index < -0.39 is 26.5 Å². The van der Waals surface area contributed by atoms with E-state index in [0.717, 1.165) is 0 Å². The van der Waals surface area contributed by atoms with E-state index >= 15 is 0 Å². The molecule has 0 fully saturated rings. The van der Waals surface area contributed by atoms with Gasteiger partial charge in [-0.15, -0.1) is 10.2 Å². The van der Waals surface area contributed by atoms with Crippen LogP contribution >= 0.6 is 11.6 Å². The highest BCUT2D eigenvalue weighted by molar-refractivity contribution is 7.86. The summed E-state index contributed by atoms with van der Waals surface area (Å²) in [6.07, 6.45) is 0. The molecule has 7 nitrogen and oxygen atoms in total. The van der Waals surface area contributed by atoms with Crippen molar-refractivity contribution >= 4 is 49.6 Å². The maximum atomic E-state index is 11.9. The summed E-state index contributed by atoms with van der Waals surface area (Å²) >= 11 is 5.98. The number of hydrogen-bond acceptors (Lipinski definition) is 6. The maximum Gasteiger partial charge on any atom is 0.297 e. The molecule has 0 radical (unpaired) electrons. The summed E-state index contributed by atoms with van der Waals surface area (Å²) in [4.78, 5) is -0.578. The van der Waals surface area contributed by atoms with E-state index in [1.807, 2.05) is 0 Å². The van der Waals surface area contributed by atoms with Crippen LogP contribution in [-0.2, 0) is 10.1 Å². The number of nitrogens with two attached hydrogens (primary N) is 1. The second kappa shape index (κ2) is 6.32. The first kappa shape index (κ1) is 17.2. The summed E-state index contributed by atoms with van der Waals surface area (Å²) in [6, 6.07) is 12.7. The molecule has 4 N–H and O–H groups in total. The van der Waals surface area contributed by atoms with E-state index in [4.69, 9.17) is 17.3 Å². The van der Waals surface area contributed by atoms with Gasteiger partial charge in [-0.1, -0.05) is 48.0 Å². The molecule has 3 aromatic rings. The normalized spacial score (nSPS) is 12.1. The molecule has 0 saturated carbocycles. The number of anilines is 1. The number of nitrogen functional groups attached to an aromatic ring is 1. The SMILES string of the molecule is Nc1c(O)c(N=Nc2ccccc2Cl)c(S(=O)(=O)O)c2ccccc12. The number of phenols is 1. The fourth-order valence-corrected chi connectivity index (χ4v) is 3.41. The molecule has 0 aliphatic heterocycles. The molecular formula is C16H12ClN3O4S. The van der Waals surface area contributed by atoms with Gasteiger partial charge in [-0.3, -0.25) is 4.55 Å². The molecular weight excluding hydrogens is 366 g/mol. The Morgan fingerprint density at radius 2 is 1.56 bits per heavy atom. The Balaban J connectivity index is 2.35. The number of nitrogens with zero attached hydrogens (tertiary/aromatic N) is 2. The Hall–Kier alpha value is -2.68. The molecule has 25 heavy (non-hydrogen) atoms. The van der Waals surface area contributed by atoms with Crippen LogP contribution in [0.5, 0.6) is 5.75 Å². The number of fused-ring (bicyclic) bond motifs is 1. The number of aromatic hydroxyl groups is 1. The van der Waals surface area contributed by atoms with Crippen LogP contribution in [0.3, 0.4) is 0 Å². The van der Waals surface area contributed by atoms with Crippen molar-refractivity contribution in [2.75, 3.05) is 5.73 Å². The molecule has 0 amide bonds. The van der Waals surface area contributed by atoms with Gasteiger partial charge in [0.15, 0.2) is 11.4 Å². The van der Waals surface area contributed by atoms with Crippen molar-refractivity contribution < 1.29 is 18.1 Å². The molecule has 0 heterocycles. The third-order valence-corrected chi connectivity index (χ3v) is 4.77. The highest BCUT2D eigenvalue weighted by atomic mass is 35.5. The van der Waals surface area contributed by atoms with Crippen molar-refractivity contribution in [1.29, 1.82) is 0 Å². The van der Waals surface area contributed by atoms with E-state index in [-0.39, 0.29) is 27.2 Å². The van der Waals surface area contributed by atoms with Crippen LogP contribution in [0.15, 0.2) is 63.7 Å². The summed E-state index contributed by atoms with van der Waals surface area (Å²) in [7, 11) is -4.72. The van der Waals surface area contributed by atoms with Crippen LogP contribution in [0.1, 0.15) is 0 Å². The maximum absolute atomic E-state index is 11.9. The van der Waals surface area contributed by atoms with Gasteiger partial charge in [0, 0.05) is 10.8 Å². The van der Waals surface area contributed by atoms with Crippen molar-refractivity contribution in [3.05, 3.63) is 53.6 Å². The lowest BCUT2D eigenvalue weighted by atomic mass is 10.1. The number of halogens is 1. The van der Waals surface area contributed by atoms with Gasteiger partial charge >= 0.3 is 0 Å². The minimum absolute atomic E-state index is 0.0730. The van der Waals surface area contributed by atoms with E-state index in [2.05, 4.69) is 10.2 Å². The Labute approximate surface area is 148 Å². The van der Waals surface area contributed by atoms with Crippen LogP contribution in [0.2, 0.25) is 5.02 Å². The van der Waals surface area contributed by atoms with Crippen LogP contribution in [0, 0.1) is 0 Å². The summed E-state index contributed by atoms with van der Waals surface area (Å²) < 4.78 is 33.4. The first-order valence-electron chi connectivity index (χ1n) is 6.97. The van der Waals surface area contributed by atoms with Gasteiger partial charge in [0.25, 0.3) is 10.1 Å². The smallest absolute Gasteiger partial charge is 0.297 e. The molecule has 0 aliphatic carbocycles. The molecule has 128 valence electrons. The van der Waals surface area contributed by atoms with E-state index in [1.54, 1.807) is 36.4 Å². The Morgan fingerprint density at radius 1 is 0.960 bits per heavy atom. The first-order chi connectivity index (χ1) is 11.8. The highest BCUT2D eigenvalue weighted by Gasteiger charge is 2.25. The predicted octanol–water partition coefficient (Wildman–Crippen LogP) is 4.44. The number of hydrogen-bond donors (Lipinski definition) is 3. The number of rotatable bonds is 3. The fourth-order valence-electron chi connectivity index (χ4n) is 2.40. The van der Waals surface area contributed by atoms with Gasteiger partial charge in [0.05, 0.1) is 10.7 Å². The van der Waals surface area contributed by atoms with E-state index in [0.29, 0.717) is 0 Å². The fraction of sp³-hybridized carbons (Fsp3) is 0. The quantitative estimate of drug-likeness (QED) is 0.269. The molecule has 3 aromatic carbocycles. The highest BCUT2D eigenvalue weighted by Crippen LogP contribution is 2.45. The minimum atomic E-state index is -4.72. The van der Waals surface area contributed by atoms with Gasteiger partial charge in [-0.25, -0.2) is 0 Å². The lowest BCUT2D eigenvalue weighted by Gasteiger charge is -2.12. The van der Waals surface area contributed by atoms with Gasteiger partial charge in [0.2, 0.25) is 0 Å². The predicted molar refractivity (Wildman–Crippen MR) is 95.5 cm³/mol.